The number of halogens is 1. The number of nitrogens with zero attached hydrogens (tertiary/aromatic N) is 4. The van der Waals surface area contributed by atoms with Crippen LogP contribution in [0.1, 0.15) is 5.56 Å². The summed E-state index contributed by atoms with van der Waals surface area (Å²) in [4.78, 5) is 30.1. The molecule has 0 bridgehead atoms. The smallest absolute Gasteiger partial charge is 0.298 e. The Morgan fingerprint density at radius 1 is 1.23 bits per heavy atom. The predicted octanol–water partition coefficient (Wildman–Crippen LogP) is 3.32. The van der Waals surface area contributed by atoms with E-state index in [0.29, 0.717) is 21.6 Å². The van der Waals surface area contributed by atoms with E-state index in [1.807, 2.05) is 0 Å². The van der Waals surface area contributed by atoms with E-state index >= 15 is 0 Å². The van der Waals surface area contributed by atoms with Crippen molar-refractivity contribution < 1.29 is 4.92 Å². The molecule has 9 heteroatoms. The highest BCUT2D eigenvalue weighted by Crippen LogP contribution is 2.24. The Balaban J connectivity index is 1.75. The first kappa shape index (κ1) is 16.0. The molecule has 0 amide bonds. The van der Waals surface area contributed by atoms with Crippen molar-refractivity contribution >= 4 is 45.4 Å². The van der Waals surface area contributed by atoms with Crippen LogP contribution < -0.4 is 5.56 Å². The van der Waals surface area contributed by atoms with E-state index in [-0.39, 0.29) is 11.2 Å². The molecular formula is C17H10ClN5O3. The van der Waals surface area contributed by atoms with Crippen LogP contribution in [-0.2, 0) is 0 Å². The number of H-pyrrole nitrogens is 1. The van der Waals surface area contributed by atoms with Gasteiger partial charge in [-0.25, -0.2) is 4.98 Å². The van der Waals surface area contributed by atoms with Gasteiger partial charge in [0, 0.05) is 28.1 Å². The third-order valence-corrected chi connectivity index (χ3v) is 4.12. The molecule has 26 heavy (non-hydrogen) atoms. The summed E-state index contributed by atoms with van der Waals surface area (Å²) in [5.74, 6) is 0. The zero-order valence-electron chi connectivity index (χ0n) is 13.1. The number of non-ortho nitro benzene ring substituents is 1. The van der Waals surface area contributed by atoms with Crippen molar-refractivity contribution in [1.82, 2.24) is 14.6 Å². The normalized spacial score (nSPS) is 11.6. The molecule has 0 unspecified atom stereocenters. The van der Waals surface area contributed by atoms with Crippen LogP contribution in [-0.4, -0.2) is 25.8 Å². The second kappa shape index (κ2) is 6.08. The fourth-order valence-electron chi connectivity index (χ4n) is 2.61. The molecule has 8 nitrogen and oxygen atoms in total. The standard InChI is InChI=1S/C17H10ClN5O3/c18-11-3-6-14-13(7-11)15-16(21-14)17(24)22(9-19-15)20-8-10-1-4-12(5-2-10)23(25)26/h1-9,21H/b20-8-. The van der Waals surface area contributed by atoms with Crippen LogP contribution in [0.4, 0.5) is 5.69 Å². The highest BCUT2D eigenvalue weighted by atomic mass is 35.5. The van der Waals surface area contributed by atoms with Crippen LogP contribution in [0.25, 0.3) is 21.9 Å². The van der Waals surface area contributed by atoms with Crippen LogP contribution in [0.3, 0.4) is 0 Å². The number of hydrogen-bond acceptors (Lipinski definition) is 5. The number of nitro benzene ring substituents is 1. The molecule has 128 valence electrons. The van der Waals surface area contributed by atoms with E-state index in [2.05, 4.69) is 15.1 Å². The van der Waals surface area contributed by atoms with Crippen molar-refractivity contribution in [2.24, 2.45) is 5.10 Å². The van der Waals surface area contributed by atoms with Crippen molar-refractivity contribution in [3.05, 3.63) is 79.8 Å². The van der Waals surface area contributed by atoms with Gasteiger partial charge in [0.1, 0.15) is 17.4 Å². The van der Waals surface area contributed by atoms with Crippen molar-refractivity contribution in [3.8, 4) is 0 Å². The third kappa shape index (κ3) is 2.72. The maximum atomic E-state index is 12.6. The van der Waals surface area contributed by atoms with Crippen LogP contribution in [0.5, 0.6) is 0 Å². The molecule has 1 N–H and O–H groups in total. The average molecular weight is 368 g/mol. The van der Waals surface area contributed by atoms with E-state index in [1.165, 1.54) is 24.7 Å². The molecule has 0 saturated heterocycles. The maximum Gasteiger partial charge on any atom is 0.298 e. The number of aromatic nitrogens is 3. The van der Waals surface area contributed by atoms with Gasteiger partial charge in [-0.2, -0.15) is 9.78 Å². The van der Waals surface area contributed by atoms with Gasteiger partial charge in [0.15, 0.2) is 0 Å². The summed E-state index contributed by atoms with van der Waals surface area (Å²) in [5, 5.41) is 16.1. The molecule has 2 heterocycles. The third-order valence-electron chi connectivity index (χ3n) is 3.89. The van der Waals surface area contributed by atoms with Gasteiger partial charge < -0.3 is 4.98 Å². The average Bonchev–Trinajstić information content (AvgIpc) is 3.00. The molecule has 0 aliphatic heterocycles. The highest BCUT2D eigenvalue weighted by Gasteiger charge is 2.11. The fraction of sp³-hybridized carbons (Fsp3) is 0. The van der Waals surface area contributed by atoms with Gasteiger partial charge in [0.25, 0.3) is 11.2 Å². The van der Waals surface area contributed by atoms with Crippen LogP contribution >= 0.6 is 11.6 Å². The molecule has 0 atom stereocenters. The number of fused-ring (bicyclic) bond motifs is 3. The van der Waals surface area contributed by atoms with Crippen molar-refractivity contribution in [3.63, 3.8) is 0 Å². The number of aromatic amines is 1. The minimum absolute atomic E-state index is 0.0147. The number of nitro groups is 1. The summed E-state index contributed by atoms with van der Waals surface area (Å²) in [6.45, 7) is 0. The second-order valence-electron chi connectivity index (χ2n) is 5.53. The Morgan fingerprint density at radius 3 is 2.73 bits per heavy atom. The van der Waals surface area contributed by atoms with Gasteiger partial charge in [-0.05, 0) is 35.9 Å². The maximum absolute atomic E-state index is 12.6. The van der Waals surface area contributed by atoms with Crippen LogP contribution in [0, 0.1) is 10.1 Å². The fourth-order valence-corrected chi connectivity index (χ4v) is 2.78. The molecule has 4 rings (SSSR count). The minimum Gasteiger partial charge on any atom is -0.349 e. The lowest BCUT2D eigenvalue weighted by atomic mass is 10.2. The van der Waals surface area contributed by atoms with Gasteiger partial charge in [0.05, 0.1) is 11.1 Å². The largest absolute Gasteiger partial charge is 0.349 e. The zero-order valence-corrected chi connectivity index (χ0v) is 13.8. The SMILES string of the molecule is O=c1c2[nH]c3ccc(Cl)cc3c2ncn1/N=C\c1ccc([N+](=O)[O-])cc1. The van der Waals surface area contributed by atoms with Gasteiger partial charge in [-0.15, -0.1) is 0 Å². The molecule has 0 fully saturated rings. The first-order valence-electron chi connectivity index (χ1n) is 7.50. The summed E-state index contributed by atoms with van der Waals surface area (Å²) >= 11 is 6.00. The predicted molar refractivity (Wildman–Crippen MR) is 99.0 cm³/mol. The van der Waals surface area contributed by atoms with E-state index < -0.39 is 4.92 Å². The number of nitrogens with one attached hydrogen (secondary N) is 1. The summed E-state index contributed by atoms with van der Waals surface area (Å²) in [6, 6.07) is 11.1. The molecule has 2 aromatic heterocycles. The van der Waals surface area contributed by atoms with Crippen molar-refractivity contribution in [2.45, 2.75) is 0 Å². The van der Waals surface area contributed by atoms with Gasteiger partial charge in [0.2, 0.25) is 0 Å². The Kier molecular flexibility index (Phi) is 3.74. The first-order chi connectivity index (χ1) is 12.5. The number of benzene rings is 2. The topological polar surface area (TPSA) is 106 Å². The van der Waals surface area contributed by atoms with Crippen molar-refractivity contribution in [1.29, 1.82) is 0 Å². The van der Waals surface area contributed by atoms with E-state index in [4.69, 9.17) is 11.6 Å². The number of hydrogen-bond donors (Lipinski definition) is 1. The molecule has 0 aliphatic rings. The van der Waals surface area contributed by atoms with E-state index in [1.54, 1.807) is 30.3 Å². The highest BCUT2D eigenvalue weighted by molar-refractivity contribution is 6.31. The molecular weight excluding hydrogens is 358 g/mol. The lowest BCUT2D eigenvalue weighted by Gasteiger charge is -1.98. The molecule has 0 radical (unpaired) electrons. The first-order valence-corrected chi connectivity index (χ1v) is 7.88. The van der Waals surface area contributed by atoms with Gasteiger partial charge in [-0.1, -0.05) is 11.6 Å². The summed E-state index contributed by atoms with van der Waals surface area (Å²) in [6.07, 6.45) is 2.75. The van der Waals surface area contributed by atoms with Crippen molar-refractivity contribution in [2.75, 3.05) is 0 Å². The molecule has 0 spiro atoms. The molecule has 0 saturated carbocycles. The zero-order chi connectivity index (χ0) is 18.3. The lowest BCUT2D eigenvalue weighted by molar-refractivity contribution is -0.384. The minimum atomic E-state index is -0.481. The Hall–Kier alpha value is -3.52. The number of rotatable bonds is 3. The van der Waals surface area contributed by atoms with Gasteiger partial charge in [-0.3, -0.25) is 14.9 Å². The summed E-state index contributed by atoms with van der Waals surface area (Å²) in [7, 11) is 0. The Morgan fingerprint density at radius 2 is 2.00 bits per heavy atom. The van der Waals surface area contributed by atoms with Crippen LogP contribution in [0.15, 0.2) is 58.7 Å². The van der Waals surface area contributed by atoms with Gasteiger partial charge >= 0.3 is 0 Å². The molecule has 4 aromatic rings. The Labute approximate surface area is 150 Å². The molecule has 0 aliphatic carbocycles. The monoisotopic (exact) mass is 367 g/mol. The van der Waals surface area contributed by atoms with E-state index in [0.717, 1.165) is 15.6 Å². The van der Waals surface area contributed by atoms with E-state index in [9.17, 15) is 14.9 Å². The quantitative estimate of drug-likeness (QED) is 0.340. The molecule has 2 aromatic carbocycles. The lowest BCUT2D eigenvalue weighted by Crippen LogP contribution is -2.17. The van der Waals surface area contributed by atoms with Crippen LogP contribution in [0.2, 0.25) is 5.02 Å². The summed E-state index contributed by atoms with van der Waals surface area (Å²) in [5.41, 5.74) is 1.84. The summed E-state index contributed by atoms with van der Waals surface area (Å²) < 4.78 is 1.10. The second-order valence-corrected chi connectivity index (χ2v) is 5.96. The Bertz CT molecular complexity index is 1240.